The Bertz CT molecular complexity index is 4130. The maximum absolute atomic E-state index is 5.48. The molecule has 1 aliphatic rings. The lowest BCUT2D eigenvalue weighted by molar-refractivity contribution is 1.07. The van der Waals surface area contributed by atoms with Gasteiger partial charge in [0.05, 0.1) is 16.7 Å². The molecule has 14 rings (SSSR count). The van der Waals surface area contributed by atoms with Gasteiger partial charge in [0.1, 0.15) is 0 Å². The van der Waals surface area contributed by atoms with Crippen molar-refractivity contribution in [2.24, 2.45) is 0 Å². The van der Waals surface area contributed by atoms with Gasteiger partial charge < -0.3 is 4.57 Å². The van der Waals surface area contributed by atoms with Gasteiger partial charge in [-0.1, -0.05) is 170 Å². The molecule has 0 spiro atoms. The fourth-order valence-electron chi connectivity index (χ4n) is 10.5. The summed E-state index contributed by atoms with van der Waals surface area (Å²) in [6.07, 6.45) is 0. The van der Waals surface area contributed by atoms with Crippen LogP contribution in [0.5, 0.6) is 0 Å². The van der Waals surface area contributed by atoms with Crippen molar-refractivity contribution in [2.45, 2.75) is 10.6 Å². The van der Waals surface area contributed by atoms with E-state index in [2.05, 4.69) is 193 Å². The molecule has 0 aliphatic carbocycles. The molecule has 302 valence electrons. The molecular formula is C60H36N4S. The Hall–Kier alpha value is -8.12. The van der Waals surface area contributed by atoms with Gasteiger partial charge in [0.2, 0.25) is 0 Å². The summed E-state index contributed by atoms with van der Waals surface area (Å²) >= 11 is 1.90. The van der Waals surface area contributed by atoms with E-state index in [-0.39, 0.29) is 0 Å². The second-order valence-corrected chi connectivity index (χ2v) is 18.1. The third-order valence-corrected chi connectivity index (χ3v) is 14.5. The monoisotopic (exact) mass is 844 g/mol. The van der Waals surface area contributed by atoms with Gasteiger partial charge in [-0.25, -0.2) is 15.0 Å². The summed E-state index contributed by atoms with van der Waals surface area (Å²) in [5.74, 6) is 2.78. The van der Waals surface area contributed by atoms with Crippen LogP contribution in [-0.4, -0.2) is 19.5 Å². The van der Waals surface area contributed by atoms with Crippen molar-refractivity contribution >= 4 is 87.4 Å². The SMILES string of the molecule is c1ccc(-c2nc(-c3cc4c(c(-n5c6cc7ccccc7cc6c6c7ccccc7ccc65)c3)-c3ccc5ccccc5c3CS4)nc(-c3cc4ccccc4c4ccccc34)n2)cc1. The molecule has 4 nitrogen and oxygen atoms in total. The van der Waals surface area contributed by atoms with E-state index in [1.165, 1.54) is 75.4 Å². The summed E-state index contributed by atoms with van der Waals surface area (Å²) in [7, 11) is 0. The number of benzene rings is 11. The van der Waals surface area contributed by atoms with Crippen LogP contribution in [-0.2, 0) is 5.75 Å². The van der Waals surface area contributed by atoms with E-state index in [0.29, 0.717) is 17.5 Å². The summed E-state index contributed by atoms with van der Waals surface area (Å²) < 4.78 is 2.52. The predicted molar refractivity (Wildman–Crippen MR) is 273 cm³/mol. The topological polar surface area (TPSA) is 43.6 Å². The van der Waals surface area contributed by atoms with Crippen molar-refractivity contribution in [1.29, 1.82) is 0 Å². The van der Waals surface area contributed by atoms with Gasteiger partial charge in [-0.15, -0.1) is 11.8 Å². The smallest absolute Gasteiger partial charge is 0.164 e. The van der Waals surface area contributed by atoms with Gasteiger partial charge in [-0.3, -0.25) is 0 Å². The molecule has 0 fully saturated rings. The van der Waals surface area contributed by atoms with E-state index < -0.39 is 0 Å². The summed E-state index contributed by atoms with van der Waals surface area (Å²) in [6, 6.07) is 74.7. The minimum atomic E-state index is 0.636. The Morgan fingerprint density at radius 3 is 1.77 bits per heavy atom. The number of hydrogen-bond acceptors (Lipinski definition) is 4. The van der Waals surface area contributed by atoms with Crippen molar-refractivity contribution in [3.8, 4) is 51.0 Å². The maximum Gasteiger partial charge on any atom is 0.164 e. The first kappa shape index (κ1) is 36.4. The van der Waals surface area contributed by atoms with Crippen molar-refractivity contribution in [2.75, 3.05) is 0 Å². The molecule has 65 heavy (non-hydrogen) atoms. The highest BCUT2D eigenvalue weighted by molar-refractivity contribution is 7.98. The zero-order valence-electron chi connectivity index (χ0n) is 35.0. The zero-order valence-corrected chi connectivity index (χ0v) is 35.9. The maximum atomic E-state index is 5.48. The molecule has 0 unspecified atom stereocenters. The summed E-state index contributed by atoms with van der Waals surface area (Å²) in [4.78, 5) is 17.3. The Labute approximate surface area is 378 Å². The number of aromatic nitrogens is 4. The summed E-state index contributed by atoms with van der Waals surface area (Å²) in [6.45, 7) is 0. The normalized spacial score (nSPS) is 12.5. The molecule has 13 aromatic rings. The van der Waals surface area contributed by atoms with E-state index >= 15 is 0 Å². The predicted octanol–water partition coefficient (Wildman–Crippen LogP) is 16.0. The summed E-state index contributed by atoms with van der Waals surface area (Å²) in [5.41, 5.74) is 10.1. The molecule has 0 amide bonds. The molecule has 3 heterocycles. The minimum absolute atomic E-state index is 0.636. The second kappa shape index (κ2) is 14.2. The van der Waals surface area contributed by atoms with Gasteiger partial charge >= 0.3 is 0 Å². The molecule has 0 saturated heterocycles. The minimum Gasteiger partial charge on any atom is -0.309 e. The van der Waals surface area contributed by atoms with Gasteiger partial charge in [0, 0.05) is 43.7 Å². The third-order valence-electron chi connectivity index (χ3n) is 13.5. The average molecular weight is 845 g/mol. The number of thioether (sulfide) groups is 1. The molecule has 5 heteroatoms. The molecule has 0 atom stereocenters. The lowest BCUT2D eigenvalue weighted by Gasteiger charge is -2.26. The van der Waals surface area contributed by atoms with Crippen LogP contribution in [0.2, 0.25) is 0 Å². The van der Waals surface area contributed by atoms with E-state index in [4.69, 9.17) is 15.0 Å². The summed E-state index contributed by atoms with van der Waals surface area (Å²) in [5, 5.41) is 14.6. The molecule has 2 aromatic heterocycles. The molecule has 0 N–H and O–H groups in total. The number of rotatable bonds is 4. The molecule has 0 radical (unpaired) electrons. The highest BCUT2D eigenvalue weighted by Crippen LogP contribution is 2.50. The Morgan fingerprint density at radius 1 is 0.369 bits per heavy atom. The second-order valence-electron chi connectivity index (χ2n) is 17.1. The quantitative estimate of drug-likeness (QED) is 0.166. The fraction of sp³-hybridized carbons (Fsp3) is 0.0167. The largest absolute Gasteiger partial charge is 0.309 e. The van der Waals surface area contributed by atoms with E-state index in [9.17, 15) is 0 Å². The Balaban J connectivity index is 1.11. The first-order chi connectivity index (χ1) is 32.2. The average Bonchev–Trinajstić information content (AvgIpc) is 3.70. The molecule has 11 aromatic carbocycles. The van der Waals surface area contributed by atoms with E-state index in [1.807, 2.05) is 30.0 Å². The Morgan fingerprint density at radius 2 is 0.969 bits per heavy atom. The number of nitrogens with zero attached hydrogens (tertiary/aromatic N) is 4. The molecule has 0 bridgehead atoms. The van der Waals surface area contributed by atoms with Crippen LogP contribution >= 0.6 is 11.8 Å². The first-order valence-electron chi connectivity index (χ1n) is 22.1. The Kier molecular flexibility index (Phi) is 7.94. The highest BCUT2D eigenvalue weighted by Gasteiger charge is 2.27. The van der Waals surface area contributed by atoms with Crippen LogP contribution in [0.15, 0.2) is 211 Å². The lowest BCUT2D eigenvalue weighted by atomic mass is 9.92. The van der Waals surface area contributed by atoms with E-state index in [0.717, 1.165) is 49.9 Å². The van der Waals surface area contributed by atoms with Crippen LogP contribution in [0.3, 0.4) is 0 Å². The number of fused-ring (bicyclic) bond motifs is 14. The van der Waals surface area contributed by atoms with Crippen molar-refractivity contribution in [3.05, 3.63) is 212 Å². The van der Waals surface area contributed by atoms with Crippen molar-refractivity contribution in [1.82, 2.24) is 19.5 Å². The lowest BCUT2D eigenvalue weighted by Crippen LogP contribution is -2.06. The third kappa shape index (κ3) is 5.62. The van der Waals surface area contributed by atoms with Gasteiger partial charge in [-0.05, 0) is 101 Å². The van der Waals surface area contributed by atoms with E-state index in [1.54, 1.807) is 0 Å². The molecule has 0 saturated carbocycles. The van der Waals surface area contributed by atoms with Gasteiger partial charge in [0.25, 0.3) is 0 Å². The molecular weight excluding hydrogens is 809 g/mol. The van der Waals surface area contributed by atoms with Crippen molar-refractivity contribution < 1.29 is 0 Å². The van der Waals surface area contributed by atoms with Crippen LogP contribution in [0.1, 0.15) is 5.56 Å². The van der Waals surface area contributed by atoms with Gasteiger partial charge in [0.15, 0.2) is 17.5 Å². The van der Waals surface area contributed by atoms with Gasteiger partial charge in [-0.2, -0.15) is 0 Å². The fourth-order valence-corrected chi connectivity index (χ4v) is 11.7. The number of hydrogen-bond donors (Lipinski definition) is 0. The zero-order chi connectivity index (χ0) is 42.6. The van der Waals surface area contributed by atoms with Crippen LogP contribution in [0.4, 0.5) is 0 Å². The van der Waals surface area contributed by atoms with Crippen LogP contribution < -0.4 is 0 Å². The van der Waals surface area contributed by atoms with Crippen LogP contribution in [0, 0.1) is 0 Å². The van der Waals surface area contributed by atoms with Crippen LogP contribution in [0.25, 0.3) is 127 Å². The standard InChI is InChI=1S/C60H36N4S/c1-2-16-38(17-3-1)58-61-59(63-60(62-58)49-31-41-20-8-10-22-44(41)46-24-12-13-25-47(46)49)42-33-54(57-48-28-26-36-14-6-9-21-43(36)51(48)35-65-55(57)34-42)64-52-29-27-37-15-7-11-23-45(37)56(52)50-30-39-18-4-5-19-40(39)32-53(50)64/h1-34H,35H2. The first-order valence-corrected chi connectivity index (χ1v) is 23.1. The highest BCUT2D eigenvalue weighted by atomic mass is 32.2. The molecule has 1 aliphatic heterocycles. The van der Waals surface area contributed by atoms with Crippen molar-refractivity contribution in [3.63, 3.8) is 0 Å².